The highest BCUT2D eigenvalue weighted by atomic mass is 16.3. The fourth-order valence-corrected chi connectivity index (χ4v) is 4.54. The molecule has 0 saturated heterocycles. The number of rotatable bonds is 9. The molecule has 1 N–H and O–H groups in total. The number of amides is 1. The van der Waals surface area contributed by atoms with Gasteiger partial charge in [-0.2, -0.15) is 5.10 Å². The van der Waals surface area contributed by atoms with Crippen LogP contribution in [0.3, 0.4) is 0 Å². The highest BCUT2D eigenvalue weighted by Gasteiger charge is 2.18. The van der Waals surface area contributed by atoms with Crippen LogP contribution in [-0.4, -0.2) is 21.5 Å². The van der Waals surface area contributed by atoms with Gasteiger partial charge in [-0.15, -0.1) is 0 Å². The molecule has 0 aliphatic rings. The summed E-state index contributed by atoms with van der Waals surface area (Å²) in [5.41, 5.74) is 6.89. The number of nitrogens with one attached hydrogen (secondary N) is 1. The third-order valence-electron chi connectivity index (χ3n) is 6.60. The molecule has 0 atom stereocenters. The second-order valence-electron chi connectivity index (χ2n) is 9.33. The second kappa shape index (κ2) is 10.7. The van der Waals surface area contributed by atoms with E-state index in [1.54, 1.807) is 13.1 Å². The zero-order chi connectivity index (χ0) is 25.8. The molecule has 0 aliphatic carbocycles. The first kappa shape index (κ1) is 24.3. The summed E-state index contributed by atoms with van der Waals surface area (Å²) >= 11 is 0. The molecule has 0 spiro atoms. The van der Waals surface area contributed by atoms with Gasteiger partial charge in [0.15, 0.2) is 5.76 Å². The lowest BCUT2D eigenvalue weighted by Gasteiger charge is -2.11. The standard InChI is InChI=1S/C31H29N3O3/c1-21(35)8-9-23-12-15-29-28(18-23)22(2)30(37-29)31(36)32-19-26-6-3-4-7-27(26)25-13-10-24(11-14-25)20-34-17-5-16-33-34/h3-7,10-18H,8-9,19-20H2,1-2H3,(H,32,36). The van der Waals surface area contributed by atoms with E-state index in [4.69, 9.17) is 4.42 Å². The van der Waals surface area contributed by atoms with Gasteiger partial charge in [0, 0.05) is 36.3 Å². The first-order valence-corrected chi connectivity index (χ1v) is 12.4. The fraction of sp³-hybridized carbons (Fsp3) is 0.194. The maximum Gasteiger partial charge on any atom is 0.287 e. The zero-order valence-corrected chi connectivity index (χ0v) is 21.0. The zero-order valence-electron chi connectivity index (χ0n) is 21.0. The van der Waals surface area contributed by atoms with Crippen LogP contribution in [-0.2, 0) is 24.3 Å². The Labute approximate surface area is 215 Å². The van der Waals surface area contributed by atoms with Crippen molar-refractivity contribution in [3.63, 3.8) is 0 Å². The molecule has 1 amide bonds. The van der Waals surface area contributed by atoms with E-state index in [1.807, 2.05) is 60.3 Å². The summed E-state index contributed by atoms with van der Waals surface area (Å²) < 4.78 is 7.81. The van der Waals surface area contributed by atoms with Gasteiger partial charge < -0.3 is 14.5 Å². The Morgan fingerprint density at radius 2 is 1.76 bits per heavy atom. The summed E-state index contributed by atoms with van der Waals surface area (Å²) in [5, 5.41) is 8.21. The molecule has 186 valence electrons. The highest BCUT2D eigenvalue weighted by Crippen LogP contribution is 2.28. The van der Waals surface area contributed by atoms with Gasteiger partial charge in [-0.25, -0.2) is 0 Å². The van der Waals surface area contributed by atoms with Crippen LogP contribution in [0.1, 0.15) is 46.2 Å². The number of furan rings is 1. The summed E-state index contributed by atoms with van der Waals surface area (Å²) in [7, 11) is 0. The number of hydrogen-bond donors (Lipinski definition) is 1. The van der Waals surface area contributed by atoms with E-state index in [1.165, 1.54) is 5.56 Å². The van der Waals surface area contributed by atoms with Gasteiger partial charge in [-0.1, -0.05) is 54.6 Å². The minimum absolute atomic E-state index is 0.162. The number of nitrogens with zero attached hydrogens (tertiary/aromatic N) is 2. The van der Waals surface area contributed by atoms with E-state index in [9.17, 15) is 9.59 Å². The van der Waals surface area contributed by atoms with Gasteiger partial charge in [0.05, 0.1) is 6.54 Å². The molecule has 0 radical (unpaired) electrons. The number of carbonyl (C=O) groups excluding carboxylic acids is 2. The minimum atomic E-state index is -0.247. The Morgan fingerprint density at radius 1 is 0.973 bits per heavy atom. The Hall–Kier alpha value is -4.45. The van der Waals surface area contributed by atoms with Crippen LogP contribution in [0.15, 0.2) is 89.6 Å². The number of carbonyl (C=O) groups is 2. The maximum atomic E-state index is 13.1. The summed E-state index contributed by atoms with van der Waals surface area (Å²) in [4.78, 5) is 24.4. The van der Waals surface area contributed by atoms with Crippen molar-refractivity contribution < 1.29 is 14.0 Å². The molecule has 5 rings (SSSR count). The van der Waals surface area contributed by atoms with Crippen molar-refractivity contribution in [1.29, 1.82) is 0 Å². The van der Waals surface area contributed by atoms with Crippen LogP contribution in [0, 0.1) is 6.92 Å². The molecular formula is C31H29N3O3. The van der Waals surface area contributed by atoms with E-state index in [0.717, 1.165) is 39.7 Å². The molecular weight excluding hydrogens is 462 g/mol. The van der Waals surface area contributed by atoms with Crippen molar-refractivity contribution in [1.82, 2.24) is 15.1 Å². The summed E-state index contributed by atoms with van der Waals surface area (Å²) in [6, 6.07) is 24.3. The SMILES string of the molecule is CC(=O)CCc1ccc2oc(C(=O)NCc3ccccc3-c3ccc(Cn4cccn4)cc3)c(C)c2c1. The van der Waals surface area contributed by atoms with Gasteiger partial charge in [0.2, 0.25) is 0 Å². The van der Waals surface area contributed by atoms with Crippen molar-refractivity contribution in [2.24, 2.45) is 0 Å². The maximum absolute atomic E-state index is 13.1. The second-order valence-corrected chi connectivity index (χ2v) is 9.33. The van der Waals surface area contributed by atoms with Crippen molar-refractivity contribution in [2.45, 2.75) is 39.8 Å². The molecule has 0 fully saturated rings. The van der Waals surface area contributed by atoms with Crippen LogP contribution in [0.5, 0.6) is 0 Å². The van der Waals surface area contributed by atoms with Crippen LogP contribution >= 0.6 is 0 Å². The van der Waals surface area contributed by atoms with Gasteiger partial charge in [-0.05, 0) is 66.3 Å². The summed E-state index contributed by atoms with van der Waals surface area (Å²) in [6.45, 7) is 4.60. The Bertz CT molecular complexity index is 1550. The predicted molar refractivity (Wildman–Crippen MR) is 144 cm³/mol. The normalized spacial score (nSPS) is 11.1. The van der Waals surface area contributed by atoms with Crippen molar-refractivity contribution in [2.75, 3.05) is 0 Å². The third kappa shape index (κ3) is 5.54. The number of fused-ring (bicyclic) bond motifs is 1. The lowest BCUT2D eigenvalue weighted by atomic mass is 9.98. The highest BCUT2D eigenvalue weighted by molar-refractivity contribution is 5.99. The fourth-order valence-electron chi connectivity index (χ4n) is 4.54. The molecule has 5 aromatic rings. The van der Waals surface area contributed by atoms with Crippen molar-refractivity contribution in [3.05, 3.63) is 113 Å². The molecule has 0 aliphatic heterocycles. The first-order chi connectivity index (χ1) is 18.0. The molecule has 0 unspecified atom stereocenters. The van der Waals surface area contributed by atoms with E-state index in [2.05, 4.69) is 40.7 Å². The largest absolute Gasteiger partial charge is 0.451 e. The molecule has 0 saturated carbocycles. The average Bonchev–Trinajstić information content (AvgIpc) is 3.54. The van der Waals surface area contributed by atoms with Crippen LogP contribution in [0.4, 0.5) is 0 Å². The Kier molecular flexibility index (Phi) is 6.99. The lowest BCUT2D eigenvalue weighted by Crippen LogP contribution is -2.23. The number of hydrogen-bond acceptors (Lipinski definition) is 4. The van der Waals surface area contributed by atoms with Gasteiger partial charge in [0.1, 0.15) is 11.4 Å². The van der Waals surface area contributed by atoms with E-state index >= 15 is 0 Å². The number of Topliss-reactive ketones (excluding diaryl/α,β-unsaturated/α-hetero) is 1. The van der Waals surface area contributed by atoms with Crippen LogP contribution in [0.2, 0.25) is 0 Å². The summed E-state index contributed by atoms with van der Waals surface area (Å²) in [5.74, 6) is 0.233. The average molecular weight is 492 g/mol. The monoisotopic (exact) mass is 491 g/mol. The molecule has 2 aromatic heterocycles. The molecule has 3 aromatic carbocycles. The first-order valence-electron chi connectivity index (χ1n) is 12.4. The molecule has 6 nitrogen and oxygen atoms in total. The molecule has 2 heterocycles. The van der Waals surface area contributed by atoms with E-state index in [-0.39, 0.29) is 11.7 Å². The van der Waals surface area contributed by atoms with Gasteiger partial charge >= 0.3 is 0 Å². The van der Waals surface area contributed by atoms with Gasteiger partial charge in [-0.3, -0.25) is 9.48 Å². The lowest BCUT2D eigenvalue weighted by molar-refractivity contribution is -0.116. The van der Waals surface area contributed by atoms with Crippen LogP contribution < -0.4 is 5.32 Å². The minimum Gasteiger partial charge on any atom is -0.451 e. The summed E-state index contributed by atoms with van der Waals surface area (Å²) in [6.07, 6.45) is 4.91. The quantitative estimate of drug-likeness (QED) is 0.270. The number of benzene rings is 3. The van der Waals surface area contributed by atoms with Gasteiger partial charge in [0.25, 0.3) is 5.91 Å². The van der Waals surface area contributed by atoms with E-state index in [0.29, 0.717) is 30.7 Å². The van der Waals surface area contributed by atoms with Crippen molar-refractivity contribution in [3.8, 4) is 11.1 Å². The smallest absolute Gasteiger partial charge is 0.287 e. The Morgan fingerprint density at radius 3 is 2.51 bits per heavy atom. The molecule has 0 bridgehead atoms. The van der Waals surface area contributed by atoms with Crippen molar-refractivity contribution >= 4 is 22.7 Å². The number of ketones is 1. The number of aromatic nitrogens is 2. The molecule has 6 heteroatoms. The third-order valence-corrected chi connectivity index (χ3v) is 6.60. The number of aryl methyl sites for hydroxylation is 2. The Balaban J connectivity index is 1.30. The topological polar surface area (TPSA) is 77.1 Å². The molecule has 37 heavy (non-hydrogen) atoms. The van der Waals surface area contributed by atoms with Crippen LogP contribution in [0.25, 0.3) is 22.1 Å². The predicted octanol–water partition coefficient (Wildman–Crippen LogP) is 6.10. The van der Waals surface area contributed by atoms with E-state index < -0.39 is 0 Å².